The molecule has 0 bridgehead atoms. The highest BCUT2D eigenvalue weighted by Gasteiger charge is 2.46. The summed E-state index contributed by atoms with van der Waals surface area (Å²) in [5.74, 6) is 0. The lowest BCUT2D eigenvalue weighted by Gasteiger charge is -2.44. The van der Waals surface area contributed by atoms with Crippen LogP contribution in [0.2, 0.25) is 0 Å². The number of anilines is 9. The van der Waals surface area contributed by atoms with E-state index in [1.54, 1.807) is 0 Å². The van der Waals surface area contributed by atoms with Gasteiger partial charge in [-0.1, -0.05) is 174 Å². The third-order valence-corrected chi connectivity index (χ3v) is 18.0. The van der Waals surface area contributed by atoms with Gasteiger partial charge in [0.15, 0.2) is 0 Å². The van der Waals surface area contributed by atoms with Crippen molar-refractivity contribution in [2.45, 2.75) is 112 Å². The Labute approximate surface area is 472 Å². The van der Waals surface area contributed by atoms with Gasteiger partial charge in [0.25, 0.3) is 6.71 Å². The Morgan fingerprint density at radius 3 is 1.52 bits per heavy atom. The van der Waals surface area contributed by atoms with Gasteiger partial charge in [-0.25, -0.2) is 0 Å². The zero-order valence-electron chi connectivity index (χ0n) is 48.2. The monoisotopic (exact) mass is 1050 g/mol. The lowest BCUT2D eigenvalue weighted by molar-refractivity contribution is 0.590. The molecular weight excluding hydrogens is 976 g/mol. The van der Waals surface area contributed by atoms with E-state index in [-0.39, 0.29) is 28.4 Å². The number of fused-ring (bicyclic) bond motifs is 9. The quantitative estimate of drug-likeness (QED) is 0.154. The van der Waals surface area contributed by atoms with Crippen LogP contribution < -0.4 is 30.4 Å². The molecule has 392 valence electrons. The maximum absolute atomic E-state index is 2.61. The summed E-state index contributed by atoms with van der Waals surface area (Å²) in [7, 11) is 0. The molecule has 79 heavy (non-hydrogen) atoms. The Bertz CT molecular complexity index is 4170. The van der Waals surface area contributed by atoms with Crippen LogP contribution >= 0.6 is 11.3 Å². The van der Waals surface area contributed by atoms with E-state index in [2.05, 4.69) is 303 Å². The van der Waals surface area contributed by atoms with Crippen LogP contribution in [0.1, 0.15) is 111 Å². The lowest BCUT2D eigenvalue weighted by Crippen LogP contribution is -2.60. The predicted molar refractivity (Wildman–Crippen MR) is 344 cm³/mol. The normalized spacial score (nSPS) is 13.6. The van der Waals surface area contributed by atoms with Crippen molar-refractivity contribution in [2.24, 2.45) is 0 Å². The topological polar surface area (TPSA) is 14.7 Å². The molecule has 9 aromatic carbocycles. The smallest absolute Gasteiger partial charge is 0.264 e. The van der Waals surface area contributed by atoms with Crippen molar-refractivity contribution in [3.63, 3.8) is 0 Å². The van der Waals surface area contributed by atoms with Gasteiger partial charge in [0.05, 0.1) is 16.7 Å². The lowest BCUT2D eigenvalue weighted by atomic mass is 9.36. The summed E-state index contributed by atoms with van der Waals surface area (Å²) in [4.78, 5) is 7.69. The van der Waals surface area contributed by atoms with Crippen molar-refractivity contribution in [3.8, 4) is 5.69 Å². The summed E-state index contributed by atoms with van der Waals surface area (Å²) in [6.07, 6.45) is 0. The van der Waals surface area contributed by atoms with E-state index in [0.29, 0.717) is 0 Å². The zero-order valence-corrected chi connectivity index (χ0v) is 49.1. The summed E-state index contributed by atoms with van der Waals surface area (Å²) >= 11 is 1.97. The molecule has 0 saturated heterocycles. The van der Waals surface area contributed by atoms with Crippen molar-refractivity contribution in [1.29, 1.82) is 0 Å². The number of hydrogen-bond donors (Lipinski definition) is 0. The summed E-state index contributed by atoms with van der Waals surface area (Å²) in [6, 6.07) is 74.3. The summed E-state index contributed by atoms with van der Waals surface area (Å²) in [5.41, 5.74) is 23.3. The Hall–Kier alpha value is -7.80. The molecule has 0 aliphatic carbocycles. The van der Waals surface area contributed by atoms with E-state index in [0.717, 1.165) is 28.4 Å². The minimum atomic E-state index is -0.0206. The van der Waals surface area contributed by atoms with Gasteiger partial charge in [0.2, 0.25) is 0 Å². The fourth-order valence-corrected chi connectivity index (χ4v) is 13.8. The van der Waals surface area contributed by atoms with Crippen LogP contribution in [0.5, 0.6) is 0 Å². The van der Waals surface area contributed by atoms with E-state index in [1.165, 1.54) is 104 Å². The molecule has 0 unspecified atom stereocenters. The highest BCUT2D eigenvalue weighted by Crippen LogP contribution is 2.51. The first kappa shape index (κ1) is 50.7. The highest BCUT2D eigenvalue weighted by molar-refractivity contribution is 7.33. The van der Waals surface area contributed by atoms with Crippen LogP contribution in [0.25, 0.3) is 37.6 Å². The van der Waals surface area contributed by atoms with E-state index in [4.69, 9.17) is 0 Å². The largest absolute Gasteiger partial charge is 0.311 e. The van der Waals surface area contributed by atoms with Crippen LogP contribution in [0.4, 0.5) is 51.2 Å². The first-order valence-corrected chi connectivity index (χ1v) is 29.1. The number of nitrogens with zero attached hydrogens (tertiary/aromatic N) is 4. The fraction of sp³-hybridized carbons (Fsp3) is 0.233. The Kier molecular flexibility index (Phi) is 11.6. The number of rotatable bonds is 6. The standard InChI is InChI=1S/C73H71BN4S/c1-46-41-64-67-65(42-46)78(54-34-27-49(28-35-54)72(8,9)10)68-59-43-50(73(11,12)13)29-40-66(59)79-69(68)74(67)60-39-37-56(45-63(60)77(64)53-32-25-48(26-33-53)71(5,6)7)75(52-30-23-47(24-31-52)70(2,3)4)55-36-38-58-57-21-17-18-22-61(57)76(62(58)44-55)51-19-15-14-16-20-51/h14-45H,1-13H3. The molecule has 2 aliphatic heterocycles. The molecule has 0 radical (unpaired) electrons. The Morgan fingerprint density at radius 1 is 0.392 bits per heavy atom. The molecule has 4 nitrogen and oxygen atoms in total. The van der Waals surface area contributed by atoms with Gasteiger partial charge >= 0.3 is 0 Å². The van der Waals surface area contributed by atoms with Gasteiger partial charge in [0, 0.05) is 76.8 Å². The van der Waals surface area contributed by atoms with Crippen LogP contribution in [0, 0.1) is 6.92 Å². The predicted octanol–water partition coefficient (Wildman–Crippen LogP) is 19.0. The molecular formula is C73H71BN4S. The number of aromatic nitrogens is 1. The van der Waals surface area contributed by atoms with Crippen molar-refractivity contribution < 1.29 is 0 Å². The second kappa shape index (κ2) is 18.1. The second-order valence-corrected chi connectivity index (χ2v) is 27.5. The van der Waals surface area contributed by atoms with Gasteiger partial charge < -0.3 is 19.3 Å². The Morgan fingerprint density at radius 2 is 0.899 bits per heavy atom. The van der Waals surface area contributed by atoms with Gasteiger partial charge in [-0.2, -0.15) is 0 Å². The maximum atomic E-state index is 2.61. The van der Waals surface area contributed by atoms with E-state index in [1.807, 2.05) is 11.3 Å². The second-order valence-electron chi connectivity index (χ2n) is 26.5. The number of hydrogen-bond acceptors (Lipinski definition) is 4. The van der Waals surface area contributed by atoms with Gasteiger partial charge in [-0.3, -0.25) is 0 Å². The van der Waals surface area contributed by atoms with E-state index >= 15 is 0 Å². The van der Waals surface area contributed by atoms with Crippen LogP contribution in [-0.2, 0) is 21.7 Å². The molecule has 0 spiro atoms. The fourth-order valence-electron chi connectivity index (χ4n) is 12.5. The molecule has 0 saturated carbocycles. The summed E-state index contributed by atoms with van der Waals surface area (Å²) in [6.45, 7) is 30.0. The van der Waals surface area contributed by atoms with Crippen molar-refractivity contribution in [1.82, 2.24) is 4.57 Å². The SMILES string of the molecule is Cc1cc2c3c(c1)N(c1ccc(C(C)(C)C)cc1)c1c(sc4ccc(C(C)(C)C)cc14)B3c1ccc(N(c3ccc(C(C)(C)C)cc3)c3ccc4c5ccccc5n(-c5ccccc5)c4c3)cc1N2c1ccc(C(C)(C)C)cc1. The number of thiophene rings is 1. The van der Waals surface area contributed by atoms with Gasteiger partial charge in [-0.05, 0) is 170 Å². The molecule has 2 aromatic heterocycles. The minimum Gasteiger partial charge on any atom is -0.311 e. The number of aryl methyl sites for hydroxylation is 1. The first-order chi connectivity index (χ1) is 37.6. The first-order valence-electron chi connectivity index (χ1n) is 28.3. The van der Waals surface area contributed by atoms with Crippen LogP contribution in [-0.4, -0.2) is 11.3 Å². The molecule has 0 fully saturated rings. The van der Waals surface area contributed by atoms with E-state index in [9.17, 15) is 0 Å². The average Bonchev–Trinajstić information content (AvgIpc) is 4.07. The van der Waals surface area contributed by atoms with Crippen LogP contribution in [0.15, 0.2) is 194 Å². The van der Waals surface area contributed by atoms with Crippen molar-refractivity contribution in [3.05, 3.63) is 222 Å². The highest BCUT2D eigenvalue weighted by atomic mass is 32.1. The van der Waals surface area contributed by atoms with Gasteiger partial charge in [0.1, 0.15) is 0 Å². The number of benzene rings is 9. The molecule has 13 rings (SSSR count). The molecule has 0 amide bonds. The molecule has 0 N–H and O–H groups in total. The average molecular weight is 1050 g/mol. The third kappa shape index (κ3) is 8.48. The van der Waals surface area contributed by atoms with E-state index < -0.39 is 0 Å². The maximum Gasteiger partial charge on any atom is 0.264 e. The third-order valence-electron chi connectivity index (χ3n) is 16.8. The van der Waals surface area contributed by atoms with Crippen LogP contribution in [0.3, 0.4) is 0 Å². The summed E-state index contributed by atoms with van der Waals surface area (Å²) in [5, 5.41) is 3.79. The minimum absolute atomic E-state index is 0.00291. The summed E-state index contributed by atoms with van der Waals surface area (Å²) < 4.78 is 5.12. The zero-order chi connectivity index (χ0) is 55.1. The number of para-hydroxylation sites is 2. The van der Waals surface area contributed by atoms with Crippen molar-refractivity contribution in [2.75, 3.05) is 14.7 Å². The van der Waals surface area contributed by atoms with Crippen molar-refractivity contribution >= 4 is 117 Å². The molecule has 0 atom stereocenters. The van der Waals surface area contributed by atoms with Gasteiger partial charge in [-0.15, -0.1) is 11.3 Å². The molecule has 6 heteroatoms. The molecule has 2 aliphatic rings. The Balaban J connectivity index is 1.09. The molecule has 4 heterocycles. The molecule has 11 aromatic rings.